The van der Waals surface area contributed by atoms with E-state index in [-0.39, 0.29) is 18.4 Å². The van der Waals surface area contributed by atoms with Gasteiger partial charge in [-0.25, -0.2) is 9.18 Å². The van der Waals surface area contributed by atoms with Crippen LogP contribution in [0.2, 0.25) is 0 Å². The number of anilines is 1. The molecule has 0 bridgehead atoms. The summed E-state index contributed by atoms with van der Waals surface area (Å²) in [4.78, 5) is 23.5. The van der Waals surface area contributed by atoms with Crippen molar-refractivity contribution in [2.45, 2.75) is 13.0 Å². The molecule has 3 amide bonds. The summed E-state index contributed by atoms with van der Waals surface area (Å²) in [6.07, 6.45) is 0. The number of hydrogen-bond donors (Lipinski definition) is 3. The quantitative estimate of drug-likeness (QED) is 0.726. The molecule has 1 atom stereocenters. The van der Waals surface area contributed by atoms with E-state index in [4.69, 9.17) is 0 Å². The monoisotopic (exact) mass is 393 g/mol. The van der Waals surface area contributed by atoms with Gasteiger partial charge in [0.05, 0.1) is 6.54 Å². The number of rotatable bonds is 5. The maximum Gasteiger partial charge on any atom is 0.325 e. The number of benzene rings is 2. The predicted octanol–water partition coefficient (Wildman–Crippen LogP) is 3.59. The maximum atomic E-state index is 13.6. The van der Waals surface area contributed by atoms with E-state index in [1.54, 1.807) is 49.4 Å². The molecular weight excluding hydrogens is 377 g/mol. The average Bonchev–Trinajstić information content (AvgIpc) is 2.55. The molecule has 1 unspecified atom stereocenters. The normalized spacial score (nSPS) is 11.6. The van der Waals surface area contributed by atoms with Crippen molar-refractivity contribution in [1.29, 1.82) is 0 Å². The second-order valence-electron chi connectivity index (χ2n) is 5.13. The molecule has 24 heavy (non-hydrogen) atoms. The summed E-state index contributed by atoms with van der Waals surface area (Å²) >= 11 is 3.29. The third-order valence-corrected chi connectivity index (χ3v) is 3.82. The first-order valence-corrected chi connectivity index (χ1v) is 8.09. The Morgan fingerprint density at radius 1 is 1.12 bits per heavy atom. The smallest absolute Gasteiger partial charge is 0.308 e. The van der Waals surface area contributed by atoms with Crippen molar-refractivity contribution in [3.05, 3.63) is 64.4 Å². The molecule has 7 heteroatoms. The summed E-state index contributed by atoms with van der Waals surface area (Å²) in [5, 5.41) is 7.63. The van der Waals surface area contributed by atoms with Crippen LogP contribution >= 0.6 is 15.9 Å². The van der Waals surface area contributed by atoms with Gasteiger partial charge in [-0.3, -0.25) is 10.1 Å². The molecule has 5 nitrogen and oxygen atoms in total. The van der Waals surface area contributed by atoms with Gasteiger partial charge >= 0.3 is 6.03 Å². The Morgan fingerprint density at radius 3 is 2.46 bits per heavy atom. The Hall–Kier alpha value is -2.25. The second-order valence-corrected chi connectivity index (χ2v) is 6.05. The molecule has 126 valence electrons. The van der Waals surface area contributed by atoms with Crippen molar-refractivity contribution in [3.63, 3.8) is 0 Å². The molecule has 0 fully saturated rings. The number of carbonyl (C=O) groups excluding carboxylic acids is 2. The molecule has 0 aliphatic carbocycles. The first-order chi connectivity index (χ1) is 11.5. The van der Waals surface area contributed by atoms with Gasteiger partial charge in [0.15, 0.2) is 0 Å². The zero-order chi connectivity index (χ0) is 17.5. The average molecular weight is 394 g/mol. The van der Waals surface area contributed by atoms with Gasteiger partial charge in [0.25, 0.3) is 0 Å². The number of urea groups is 1. The van der Waals surface area contributed by atoms with Gasteiger partial charge in [-0.1, -0.05) is 34.1 Å². The van der Waals surface area contributed by atoms with Crippen molar-refractivity contribution in [3.8, 4) is 0 Å². The fourth-order valence-electron chi connectivity index (χ4n) is 2.05. The molecule has 0 saturated carbocycles. The van der Waals surface area contributed by atoms with E-state index in [1.807, 2.05) is 0 Å². The van der Waals surface area contributed by atoms with E-state index in [1.165, 1.54) is 6.07 Å². The maximum absolute atomic E-state index is 13.6. The molecule has 0 aliphatic rings. The standard InChI is InChI=1S/C17H17BrFN3O2/c1-11(14-4-2-3-5-15(14)19)20-10-16(23)22-17(24)21-13-8-6-12(18)7-9-13/h2-9,11,20H,10H2,1H3,(H2,21,22,23,24). The molecule has 2 aromatic rings. The van der Waals surface area contributed by atoms with Crippen molar-refractivity contribution >= 4 is 33.6 Å². The topological polar surface area (TPSA) is 70.2 Å². The van der Waals surface area contributed by atoms with Crippen LogP contribution in [0.4, 0.5) is 14.9 Å². The molecule has 0 aliphatic heterocycles. The first-order valence-electron chi connectivity index (χ1n) is 7.30. The van der Waals surface area contributed by atoms with Crippen LogP contribution in [0.15, 0.2) is 53.0 Å². The first kappa shape index (κ1) is 18.1. The highest BCUT2D eigenvalue weighted by atomic mass is 79.9. The van der Waals surface area contributed by atoms with Crippen molar-refractivity contribution in [2.24, 2.45) is 0 Å². The summed E-state index contributed by atoms with van der Waals surface area (Å²) in [6.45, 7) is 1.64. The summed E-state index contributed by atoms with van der Waals surface area (Å²) in [5.74, 6) is -0.848. The summed E-state index contributed by atoms with van der Waals surface area (Å²) < 4.78 is 14.5. The fraction of sp³-hybridized carbons (Fsp3) is 0.176. The molecule has 0 heterocycles. The van der Waals surface area contributed by atoms with Crippen molar-refractivity contribution < 1.29 is 14.0 Å². The zero-order valence-corrected chi connectivity index (χ0v) is 14.6. The number of hydrogen-bond acceptors (Lipinski definition) is 3. The van der Waals surface area contributed by atoms with Crippen LogP contribution in [0.3, 0.4) is 0 Å². The number of amides is 3. The fourth-order valence-corrected chi connectivity index (χ4v) is 2.31. The minimum Gasteiger partial charge on any atom is -0.308 e. The van der Waals surface area contributed by atoms with Crippen LogP contribution < -0.4 is 16.0 Å². The minimum atomic E-state index is -0.623. The van der Waals surface area contributed by atoms with Crippen LogP contribution in [-0.2, 0) is 4.79 Å². The van der Waals surface area contributed by atoms with Crippen LogP contribution in [0, 0.1) is 5.82 Å². The molecule has 2 rings (SSSR count). The molecule has 2 aromatic carbocycles. The lowest BCUT2D eigenvalue weighted by Crippen LogP contribution is -2.40. The van der Waals surface area contributed by atoms with Crippen molar-refractivity contribution in [2.75, 3.05) is 11.9 Å². The summed E-state index contributed by atoms with van der Waals surface area (Å²) in [5.41, 5.74) is 1.03. The van der Waals surface area contributed by atoms with Gasteiger partial charge in [0.2, 0.25) is 5.91 Å². The highest BCUT2D eigenvalue weighted by Crippen LogP contribution is 2.15. The Labute approximate surface area is 147 Å². The zero-order valence-electron chi connectivity index (χ0n) is 13.0. The summed E-state index contributed by atoms with van der Waals surface area (Å²) in [6, 6.07) is 12.3. The summed E-state index contributed by atoms with van der Waals surface area (Å²) in [7, 11) is 0. The highest BCUT2D eigenvalue weighted by Gasteiger charge is 2.13. The van der Waals surface area contributed by atoms with E-state index >= 15 is 0 Å². The SMILES string of the molecule is CC(NCC(=O)NC(=O)Nc1ccc(Br)cc1)c1ccccc1F. The van der Waals surface area contributed by atoms with Gasteiger partial charge in [0, 0.05) is 21.8 Å². The van der Waals surface area contributed by atoms with Gasteiger partial charge in [-0.2, -0.15) is 0 Å². The van der Waals surface area contributed by atoms with Gasteiger partial charge < -0.3 is 10.6 Å². The Morgan fingerprint density at radius 2 is 1.79 bits per heavy atom. The number of nitrogens with one attached hydrogen (secondary N) is 3. The van der Waals surface area contributed by atoms with Crippen molar-refractivity contribution in [1.82, 2.24) is 10.6 Å². The number of carbonyl (C=O) groups is 2. The molecule has 0 spiro atoms. The lowest BCUT2D eigenvalue weighted by Gasteiger charge is -2.14. The highest BCUT2D eigenvalue weighted by molar-refractivity contribution is 9.10. The van der Waals surface area contributed by atoms with Crippen LogP contribution in [0.5, 0.6) is 0 Å². The van der Waals surface area contributed by atoms with E-state index in [0.717, 1.165) is 4.47 Å². The van der Waals surface area contributed by atoms with Gasteiger partial charge in [-0.15, -0.1) is 0 Å². The second kappa shape index (κ2) is 8.56. The number of imide groups is 1. The third-order valence-electron chi connectivity index (χ3n) is 3.30. The van der Waals surface area contributed by atoms with E-state index < -0.39 is 11.9 Å². The minimum absolute atomic E-state index is 0.108. The largest absolute Gasteiger partial charge is 0.325 e. The Kier molecular flexibility index (Phi) is 6.45. The van der Waals surface area contributed by atoms with Gasteiger partial charge in [-0.05, 0) is 37.3 Å². The predicted molar refractivity (Wildman–Crippen MR) is 94.1 cm³/mol. The van der Waals surface area contributed by atoms with Gasteiger partial charge in [0.1, 0.15) is 5.82 Å². The van der Waals surface area contributed by atoms with Crippen LogP contribution in [0.1, 0.15) is 18.5 Å². The van der Waals surface area contributed by atoms with E-state index in [9.17, 15) is 14.0 Å². The third kappa shape index (κ3) is 5.43. The molecule has 0 radical (unpaired) electrons. The van der Waals surface area contributed by atoms with Crippen LogP contribution in [0.25, 0.3) is 0 Å². The number of halogens is 2. The van der Waals surface area contributed by atoms with Crippen LogP contribution in [-0.4, -0.2) is 18.5 Å². The molecule has 0 aromatic heterocycles. The van der Waals surface area contributed by atoms with E-state index in [2.05, 4.69) is 31.9 Å². The van der Waals surface area contributed by atoms with E-state index in [0.29, 0.717) is 11.3 Å². The molecule has 3 N–H and O–H groups in total. The lowest BCUT2D eigenvalue weighted by atomic mass is 10.1. The Bertz CT molecular complexity index is 722. The Balaban J connectivity index is 1.79. The molecular formula is C17H17BrFN3O2. The lowest BCUT2D eigenvalue weighted by molar-refractivity contribution is -0.119. The molecule has 0 saturated heterocycles.